The number of ketones is 1. The molecule has 2 nitrogen and oxygen atoms in total. The Morgan fingerprint density at radius 2 is 1.75 bits per heavy atom. The third-order valence-corrected chi connectivity index (χ3v) is 3.16. The van der Waals surface area contributed by atoms with Gasteiger partial charge in [0.1, 0.15) is 12.4 Å². The molecule has 0 saturated carbocycles. The second-order valence-electron chi connectivity index (χ2n) is 4.61. The van der Waals surface area contributed by atoms with Crippen molar-refractivity contribution in [3.05, 3.63) is 83.4 Å². The second-order valence-corrected chi connectivity index (χ2v) is 4.61. The topological polar surface area (TPSA) is 26.3 Å². The van der Waals surface area contributed by atoms with Crippen molar-refractivity contribution in [2.24, 2.45) is 0 Å². The Balaban J connectivity index is 1.78. The van der Waals surface area contributed by atoms with Crippen LogP contribution in [0.25, 0.3) is 6.08 Å². The summed E-state index contributed by atoms with van der Waals surface area (Å²) >= 11 is 0. The number of para-hydroxylation sites is 1. The van der Waals surface area contributed by atoms with E-state index >= 15 is 0 Å². The van der Waals surface area contributed by atoms with Crippen LogP contribution in [-0.2, 0) is 0 Å². The molecule has 0 spiro atoms. The van der Waals surface area contributed by atoms with Crippen LogP contribution in [0.3, 0.4) is 0 Å². The summed E-state index contributed by atoms with van der Waals surface area (Å²) in [5.41, 5.74) is 2.74. The Kier molecular flexibility index (Phi) is 3.46. The SMILES string of the molecule is O=C(/C=C/C1=Cc2ccccc2OC1)c1ccccc1. The van der Waals surface area contributed by atoms with Gasteiger partial charge >= 0.3 is 0 Å². The number of benzene rings is 2. The molecule has 3 rings (SSSR count). The Hall–Kier alpha value is -2.61. The molecule has 2 aromatic carbocycles. The molecule has 0 radical (unpaired) electrons. The summed E-state index contributed by atoms with van der Waals surface area (Å²) in [5, 5.41) is 0. The zero-order valence-corrected chi connectivity index (χ0v) is 11.0. The highest BCUT2D eigenvalue weighted by Crippen LogP contribution is 2.26. The fraction of sp³-hybridized carbons (Fsp3) is 0.0556. The molecule has 1 aliphatic heterocycles. The van der Waals surface area contributed by atoms with Crippen molar-refractivity contribution in [2.45, 2.75) is 0 Å². The maximum atomic E-state index is 12.0. The monoisotopic (exact) mass is 262 g/mol. The summed E-state index contributed by atoms with van der Waals surface area (Å²) in [6.07, 6.45) is 5.47. The lowest BCUT2D eigenvalue weighted by Gasteiger charge is -2.15. The average Bonchev–Trinajstić information content (AvgIpc) is 2.53. The van der Waals surface area contributed by atoms with E-state index in [1.54, 1.807) is 6.08 Å². The minimum atomic E-state index is 0.00496. The van der Waals surface area contributed by atoms with E-state index in [2.05, 4.69) is 0 Å². The van der Waals surface area contributed by atoms with Gasteiger partial charge in [-0.1, -0.05) is 54.6 Å². The number of ether oxygens (including phenoxy) is 1. The first-order valence-electron chi connectivity index (χ1n) is 6.53. The Bertz CT molecular complexity index is 682. The fourth-order valence-corrected chi connectivity index (χ4v) is 2.11. The Morgan fingerprint density at radius 1 is 1.00 bits per heavy atom. The quantitative estimate of drug-likeness (QED) is 0.619. The molecule has 0 N–H and O–H groups in total. The van der Waals surface area contributed by atoms with Crippen molar-refractivity contribution >= 4 is 11.9 Å². The lowest BCUT2D eigenvalue weighted by atomic mass is 10.1. The van der Waals surface area contributed by atoms with E-state index in [1.807, 2.05) is 66.7 Å². The smallest absolute Gasteiger partial charge is 0.185 e. The van der Waals surface area contributed by atoms with Gasteiger partial charge < -0.3 is 4.74 Å². The van der Waals surface area contributed by atoms with E-state index < -0.39 is 0 Å². The molecule has 0 atom stereocenters. The molecule has 20 heavy (non-hydrogen) atoms. The summed E-state index contributed by atoms with van der Waals surface area (Å²) in [5.74, 6) is 0.893. The van der Waals surface area contributed by atoms with E-state index in [1.165, 1.54) is 0 Å². The highest BCUT2D eigenvalue weighted by molar-refractivity contribution is 6.04. The van der Waals surface area contributed by atoms with Crippen LogP contribution in [0.15, 0.2) is 72.3 Å². The van der Waals surface area contributed by atoms with Crippen molar-refractivity contribution in [1.29, 1.82) is 0 Å². The normalized spacial score (nSPS) is 13.5. The molecule has 0 bridgehead atoms. The first-order valence-corrected chi connectivity index (χ1v) is 6.53. The lowest BCUT2D eigenvalue weighted by molar-refractivity contribution is 0.104. The summed E-state index contributed by atoms with van der Waals surface area (Å²) < 4.78 is 5.64. The lowest BCUT2D eigenvalue weighted by Crippen LogP contribution is -2.06. The van der Waals surface area contributed by atoms with Crippen molar-refractivity contribution in [2.75, 3.05) is 6.61 Å². The fourth-order valence-electron chi connectivity index (χ4n) is 2.11. The summed E-state index contributed by atoms with van der Waals surface area (Å²) in [6, 6.07) is 17.1. The van der Waals surface area contributed by atoms with Crippen molar-refractivity contribution < 1.29 is 9.53 Å². The van der Waals surface area contributed by atoms with Gasteiger partial charge in [0.05, 0.1) is 0 Å². The number of carbonyl (C=O) groups is 1. The van der Waals surface area contributed by atoms with Crippen LogP contribution in [0.4, 0.5) is 0 Å². The van der Waals surface area contributed by atoms with Crippen LogP contribution < -0.4 is 4.74 Å². The molecular weight excluding hydrogens is 248 g/mol. The van der Waals surface area contributed by atoms with E-state index in [0.29, 0.717) is 12.2 Å². The number of hydrogen-bond donors (Lipinski definition) is 0. The van der Waals surface area contributed by atoms with Gasteiger partial charge in [-0.25, -0.2) is 0 Å². The average molecular weight is 262 g/mol. The van der Waals surface area contributed by atoms with Crippen LogP contribution >= 0.6 is 0 Å². The zero-order chi connectivity index (χ0) is 13.8. The molecule has 0 aliphatic carbocycles. The highest BCUT2D eigenvalue weighted by atomic mass is 16.5. The van der Waals surface area contributed by atoms with E-state index in [0.717, 1.165) is 16.9 Å². The predicted molar refractivity (Wildman–Crippen MR) is 79.8 cm³/mol. The molecular formula is C18H14O2. The first-order chi connectivity index (χ1) is 9.83. The van der Waals surface area contributed by atoms with Crippen molar-refractivity contribution in [3.8, 4) is 5.75 Å². The van der Waals surface area contributed by atoms with Crippen LogP contribution in [0.1, 0.15) is 15.9 Å². The van der Waals surface area contributed by atoms with E-state index in [9.17, 15) is 4.79 Å². The molecule has 0 amide bonds. The number of carbonyl (C=O) groups excluding carboxylic acids is 1. The van der Waals surface area contributed by atoms with Gasteiger partial charge in [0, 0.05) is 11.1 Å². The van der Waals surface area contributed by atoms with Gasteiger partial charge in [0.25, 0.3) is 0 Å². The van der Waals surface area contributed by atoms with Crippen LogP contribution in [0, 0.1) is 0 Å². The highest BCUT2D eigenvalue weighted by Gasteiger charge is 2.08. The van der Waals surface area contributed by atoms with Crippen LogP contribution in [0.5, 0.6) is 5.75 Å². The molecule has 0 unspecified atom stereocenters. The van der Waals surface area contributed by atoms with Crippen molar-refractivity contribution in [3.63, 3.8) is 0 Å². The minimum absolute atomic E-state index is 0.00496. The summed E-state index contributed by atoms with van der Waals surface area (Å²) in [4.78, 5) is 12.0. The minimum Gasteiger partial charge on any atom is -0.488 e. The third kappa shape index (κ3) is 2.69. The standard InChI is InChI=1S/C18H14O2/c19-17(15-6-2-1-3-7-15)11-10-14-12-16-8-4-5-9-18(16)20-13-14/h1-12H,13H2/b11-10+. The Morgan fingerprint density at radius 3 is 2.60 bits per heavy atom. The molecule has 1 heterocycles. The number of rotatable bonds is 3. The first kappa shape index (κ1) is 12.4. The van der Waals surface area contributed by atoms with Gasteiger partial charge in [0.15, 0.2) is 5.78 Å². The van der Waals surface area contributed by atoms with Gasteiger partial charge in [-0.2, -0.15) is 0 Å². The van der Waals surface area contributed by atoms with Gasteiger partial charge in [-0.15, -0.1) is 0 Å². The third-order valence-electron chi connectivity index (χ3n) is 3.16. The van der Waals surface area contributed by atoms with E-state index in [4.69, 9.17) is 4.74 Å². The molecule has 1 aliphatic rings. The molecule has 0 saturated heterocycles. The molecule has 0 fully saturated rings. The number of fused-ring (bicyclic) bond motifs is 1. The number of allylic oxidation sites excluding steroid dienone is 1. The maximum absolute atomic E-state index is 12.0. The maximum Gasteiger partial charge on any atom is 0.185 e. The van der Waals surface area contributed by atoms with Gasteiger partial charge in [-0.3, -0.25) is 4.79 Å². The summed E-state index contributed by atoms with van der Waals surface area (Å²) in [7, 11) is 0. The van der Waals surface area contributed by atoms with Crippen LogP contribution in [0.2, 0.25) is 0 Å². The zero-order valence-electron chi connectivity index (χ0n) is 11.0. The molecule has 0 aromatic heterocycles. The largest absolute Gasteiger partial charge is 0.488 e. The van der Waals surface area contributed by atoms with E-state index in [-0.39, 0.29) is 5.78 Å². The predicted octanol–water partition coefficient (Wildman–Crippen LogP) is 3.90. The molecule has 98 valence electrons. The number of hydrogen-bond acceptors (Lipinski definition) is 2. The molecule has 2 aromatic rings. The molecule has 2 heteroatoms. The van der Waals surface area contributed by atoms with Gasteiger partial charge in [-0.05, 0) is 23.8 Å². The van der Waals surface area contributed by atoms with Crippen molar-refractivity contribution in [1.82, 2.24) is 0 Å². The van der Waals surface area contributed by atoms with Crippen LogP contribution in [-0.4, -0.2) is 12.4 Å². The summed E-state index contributed by atoms with van der Waals surface area (Å²) in [6.45, 7) is 0.496. The second kappa shape index (κ2) is 5.57. The Labute approximate surface area is 118 Å². The van der Waals surface area contributed by atoms with Gasteiger partial charge in [0.2, 0.25) is 0 Å².